The van der Waals surface area contributed by atoms with Crippen LogP contribution in [0.5, 0.6) is 5.75 Å². The number of ketones is 1. The van der Waals surface area contributed by atoms with Crippen LogP contribution < -0.4 is 4.74 Å². The Kier molecular flexibility index (Phi) is 3.97. The predicted octanol–water partition coefficient (Wildman–Crippen LogP) is 1.90. The molecule has 1 saturated heterocycles. The van der Waals surface area contributed by atoms with E-state index in [1.165, 1.54) is 0 Å². The van der Waals surface area contributed by atoms with Crippen molar-refractivity contribution in [2.75, 3.05) is 6.61 Å². The fourth-order valence-corrected chi connectivity index (χ4v) is 1.80. The average Bonchev–Trinajstić information content (AvgIpc) is 2.74. The first-order chi connectivity index (χ1) is 8.65. The zero-order valence-corrected chi connectivity index (χ0v) is 10.3. The minimum Gasteiger partial charge on any atom is -0.479 e. The first-order valence-electron chi connectivity index (χ1n) is 6.07. The molecule has 1 aliphatic heterocycles. The average molecular weight is 248 g/mol. The number of esters is 1. The molecule has 0 aliphatic carbocycles. The molecule has 1 atom stereocenters. The number of Topliss-reactive ketones (excluding diaryl/α,β-unsaturated/α-hetero) is 1. The number of hydrogen-bond acceptors (Lipinski definition) is 4. The molecule has 2 rings (SSSR count). The van der Waals surface area contributed by atoms with Gasteiger partial charge in [-0.15, -0.1) is 0 Å². The fraction of sp³-hybridized carbons (Fsp3) is 0.429. The molecule has 0 N–H and O–H groups in total. The van der Waals surface area contributed by atoms with Crippen LogP contribution in [-0.2, 0) is 20.7 Å². The summed E-state index contributed by atoms with van der Waals surface area (Å²) in [5.41, 5.74) is 1.09. The maximum absolute atomic E-state index is 11.2. The van der Waals surface area contributed by atoms with Crippen LogP contribution in [0.1, 0.15) is 25.3 Å². The van der Waals surface area contributed by atoms with Crippen LogP contribution in [0, 0.1) is 0 Å². The number of cyclic esters (lactones) is 1. The molecule has 0 bridgehead atoms. The third-order valence-electron chi connectivity index (χ3n) is 2.85. The Morgan fingerprint density at radius 2 is 2.11 bits per heavy atom. The molecule has 0 aromatic heterocycles. The topological polar surface area (TPSA) is 52.6 Å². The molecular weight excluding hydrogens is 232 g/mol. The van der Waals surface area contributed by atoms with Gasteiger partial charge >= 0.3 is 5.97 Å². The van der Waals surface area contributed by atoms with E-state index in [9.17, 15) is 9.59 Å². The summed E-state index contributed by atoms with van der Waals surface area (Å²) in [6.07, 6.45) is 1.41. The monoisotopic (exact) mass is 248 g/mol. The Hall–Kier alpha value is -1.84. The van der Waals surface area contributed by atoms with Crippen molar-refractivity contribution in [3.63, 3.8) is 0 Å². The van der Waals surface area contributed by atoms with Gasteiger partial charge in [-0.05, 0) is 31.0 Å². The van der Waals surface area contributed by atoms with E-state index in [0.717, 1.165) is 12.0 Å². The zero-order chi connectivity index (χ0) is 13.0. The summed E-state index contributed by atoms with van der Waals surface area (Å²) in [4.78, 5) is 22.1. The molecule has 18 heavy (non-hydrogen) atoms. The molecule has 1 fully saturated rings. The third-order valence-corrected chi connectivity index (χ3v) is 2.85. The fourth-order valence-electron chi connectivity index (χ4n) is 1.80. The first-order valence-corrected chi connectivity index (χ1v) is 6.07. The Morgan fingerprint density at radius 1 is 1.39 bits per heavy atom. The van der Waals surface area contributed by atoms with Gasteiger partial charge in [-0.1, -0.05) is 12.1 Å². The number of carbonyl (C=O) groups excluding carboxylic acids is 2. The van der Waals surface area contributed by atoms with Crippen molar-refractivity contribution in [1.82, 2.24) is 0 Å². The molecule has 96 valence electrons. The summed E-state index contributed by atoms with van der Waals surface area (Å²) < 4.78 is 10.4. The number of carbonyl (C=O) groups is 2. The highest BCUT2D eigenvalue weighted by Crippen LogP contribution is 2.18. The van der Waals surface area contributed by atoms with Crippen molar-refractivity contribution in [3.8, 4) is 5.75 Å². The summed E-state index contributed by atoms with van der Waals surface area (Å²) in [7, 11) is 0. The van der Waals surface area contributed by atoms with E-state index in [2.05, 4.69) is 0 Å². The highest BCUT2D eigenvalue weighted by molar-refractivity contribution is 5.77. The molecule has 1 aromatic carbocycles. The molecule has 0 saturated carbocycles. The van der Waals surface area contributed by atoms with Crippen molar-refractivity contribution in [2.24, 2.45) is 0 Å². The van der Waals surface area contributed by atoms with E-state index in [-0.39, 0.29) is 11.8 Å². The highest BCUT2D eigenvalue weighted by Gasteiger charge is 2.28. The maximum atomic E-state index is 11.2. The molecule has 1 unspecified atom stereocenters. The zero-order valence-electron chi connectivity index (χ0n) is 10.3. The van der Waals surface area contributed by atoms with Crippen LogP contribution >= 0.6 is 0 Å². The van der Waals surface area contributed by atoms with Gasteiger partial charge in [-0.3, -0.25) is 0 Å². The quantitative estimate of drug-likeness (QED) is 0.747. The van der Waals surface area contributed by atoms with Crippen LogP contribution in [-0.4, -0.2) is 24.5 Å². The van der Waals surface area contributed by atoms with Gasteiger partial charge in [-0.2, -0.15) is 0 Å². The molecule has 0 radical (unpaired) electrons. The van der Waals surface area contributed by atoms with Crippen molar-refractivity contribution in [1.29, 1.82) is 0 Å². The Bertz CT molecular complexity index is 436. The van der Waals surface area contributed by atoms with Crippen molar-refractivity contribution >= 4 is 11.8 Å². The minimum atomic E-state index is -0.479. The normalized spacial score (nSPS) is 18.5. The molecule has 1 heterocycles. The maximum Gasteiger partial charge on any atom is 0.347 e. The van der Waals surface area contributed by atoms with Crippen molar-refractivity contribution < 1.29 is 19.1 Å². The van der Waals surface area contributed by atoms with Gasteiger partial charge in [0.25, 0.3) is 0 Å². The lowest BCUT2D eigenvalue weighted by Gasteiger charge is -2.10. The van der Waals surface area contributed by atoms with Crippen LogP contribution in [0.4, 0.5) is 0 Å². The Labute approximate surface area is 106 Å². The summed E-state index contributed by atoms with van der Waals surface area (Å²) in [6, 6.07) is 7.47. The van der Waals surface area contributed by atoms with Gasteiger partial charge in [-0.25, -0.2) is 4.79 Å². The second kappa shape index (κ2) is 5.67. The lowest BCUT2D eigenvalue weighted by Crippen LogP contribution is -2.21. The number of hydrogen-bond donors (Lipinski definition) is 0. The van der Waals surface area contributed by atoms with E-state index >= 15 is 0 Å². The second-order valence-electron chi connectivity index (χ2n) is 4.41. The van der Waals surface area contributed by atoms with Crippen LogP contribution in [0.2, 0.25) is 0 Å². The van der Waals surface area contributed by atoms with Gasteiger partial charge in [0.1, 0.15) is 11.5 Å². The van der Waals surface area contributed by atoms with E-state index in [4.69, 9.17) is 9.47 Å². The molecular formula is C14H16O4. The third kappa shape index (κ3) is 3.32. The van der Waals surface area contributed by atoms with Crippen LogP contribution in [0.25, 0.3) is 0 Å². The van der Waals surface area contributed by atoms with E-state index in [0.29, 0.717) is 25.2 Å². The first kappa shape index (κ1) is 12.6. The number of rotatable bonds is 5. The van der Waals surface area contributed by atoms with Crippen molar-refractivity contribution in [2.45, 2.75) is 32.3 Å². The van der Waals surface area contributed by atoms with Gasteiger partial charge < -0.3 is 14.3 Å². The van der Waals surface area contributed by atoms with Gasteiger partial charge in [0, 0.05) is 12.8 Å². The lowest BCUT2D eigenvalue weighted by molar-refractivity contribution is -0.143. The molecule has 4 nitrogen and oxygen atoms in total. The minimum absolute atomic E-state index is 0.184. The lowest BCUT2D eigenvalue weighted by atomic mass is 10.1. The summed E-state index contributed by atoms with van der Waals surface area (Å²) in [6.45, 7) is 2.02. The smallest absolute Gasteiger partial charge is 0.347 e. The predicted molar refractivity (Wildman–Crippen MR) is 65.4 cm³/mol. The molecule has 0 amide bonds. The SMILES string of the molecule is CC(=O)CCc1ccc(OC2CCOC2=O)cc1. The number of aryl methyl sites for hydroxylation is 1. The van der Waals surface area contributed by atoms with Gasteiger partial charge in [0.15, 0.2) is 6.10 Å². The number of ether oxygens (including phenoxy) is 2. The van der Waals surface area contributed by atoms with Gasteiger partial charge in [0.2, 0.25) is 0 Å². The molecule has 0 spiro atoms. The van der Waals surface area contributed by atoms with E-state index in [1.807, 2.05) is 24.3 Å². The molecule has 1 aliphatic rings. The molecule has 4 heteroatoms. The van der Waals surface area contributed by atoms with Crippen molar-refractivity contribution in [3.05, 3.63) is 29.8 Å². The largest absolute Gasteiger partial charge is 0.479 e. The standard InChI is InChI=1S/C14H16O4/c1-10(15)2-3-11-4-6-12(7-5-11)18-13-8-9-17-14(13)16/h4-7,13H,2-3,8-9H2,1H3. The molecule has 1 aromatic rings. The van der Waals surface area contributed by atoms with Crippen LogP contribution in [0.15, 0.2) is 24.3 Å². The Balaban J connectivity index is 1.91. The van der Waals surface area contributed by atoms with Gasteiger partial charge in [0.05, 0.1) is 6.61 Å². The Morgan fingerprint density at radius 3 is 2.67 bits per heavy atom. The number of benzene rings is 1. The summed E-state index contributed by atoms with van der Waals surface area (Å²) in [5, 5.41) is 0. The van der Waals surface area contributed by atoms with E-state index in [1.54, 1.807) is 6.92 Å². The van der Waals surface area contributed by atoms with E-state index < -0.39 is 6.10 Å². The summed E-state index contributed by atoms with van der Waals surface area (Å²) >= 11 is 0. The second-order valence-corrected chi connectivity index (χ2v) is 4.41. The highest BCUT2D eigenvalue weighted by atomic mass is 16.6. The summed E-state index contributed by atoms with van der Waals surface area (Å²) in [5.74, 6) is 0.546. The van der Waals surface area contributed by atoms with Crippen LogP contribution in [0.3, 0.4) is 0 Å².